The van der Waals surface area contributed by atoms with Crippen molar-refractivity contribution >= 4 is 22.8 Å². The molecule has 3 heterocycles. The number of ether oxygens (including phenoxy) is 1. The van der Waals surface area contributed by atoms with Crippen molar-refractivity contribution in [2.75, 3.05) is 26.3 Å². The number of aliphatic hydroxyl groups is 1. The maximum absolute atomic E-state index is 13.0. The standard InChI is InChI=1S/C18H25N5O5/c1-4-28-15-13-16(19-10(2)20-17(13)26)22(3)14(15)18(27)21-11-5-7-23(8-6-11)12(25)9-24/h11,24H,4-9H2,1-3H3,(H,21,27)(H,19,20,26). The minimum atomic E-state index is -0.508. The number of nitrogens with one attached hydrogen (secondary N) is 2. The number of hydrogen-bond acceptors (Lipinski definition) is 6. The fourth-order valence-corrected chi connectivity index (χ4v) is 3.56. The van der Waals surface area contributed by atoms with Crippen molar-refractivity contribution in [2.24, 2.45) is 7.05 Å². The van der Waals surface area contributed by atoms with E-state index in [1.54, 1.807) is 30.4 Å². The van der Waals surface area contributed by atoms with Crippen molar-refractivity contribution in [2.45, 2.75) is 32.7 Å². The number of rotatable bonds is 5. The highest BCUT2D eigenvalue weighted by Crippen LogP contribution is 2.29. The molecule has 0 aliphatic carbocycles. The predicted octanol–water partition coefficient (Wildman–Crippen LogP) is -0.318. The lowest BCUT2D eigenvalue weighted by Crippen LogP contribution is -2.47. The van der Waals surface area contributed by atoms with Gasteiger partial charge in [-0.2, -0.15) is 0 Å². The molecule has 152 valence electrons. The van der Waals surface area contributed by atoms with Gasteiger partial charge in [0, 0.05) is 26.2 Å². The molecule has 0 saturated carbocycles. The molecule has 1 fully saturated rings. The molecule has 0 radical (unpaired) electrons. The molecule has 0 unspecified atom stereocenters. The van der Waals surface area contributed by atoms with Crippen LogP contribution in [0.3, 0.4) is 0 Å². The van der Waals surface area contributed by atoms with Crippen LogP contribution in [0.25, 0.3) is 11.0 Å². The summed E-state index contributed by atoms with van der Waals surface area (Å²) in [6, 6.07) is -0.115. The number of carbonyl (C=O) groups excluding carboxylic acids is 2. The molecular formula is C18H25N5O5. The van der Waals surface area contributed by atoms with Gasteiger partial charge in [-0.05, 0) is 26.7 Å². The minimum absolute atomic E-state index is 0.115. The summed E-state index contributed by atoms with van der Waals surface area (Å²) in [6.07, 6.45) is 1.17. The van der Waals surface area contributed by atoms with E-state index in [1.807, 2.05) is 0 Å². The topological polar surface area (TPSA) is 130 Å². The number of H-pyrrole nitrogens is 1. The molecule has 1 aliphatic rings. The number of carbonyl (C=O) groups is 2. The molecule has 0 aromatic carbocycles. The van der Waals surface area contributed by atoms with E-state index in [2.05, 4.69) is 15.3 Å². The summed E-state index contributed by atoms with van der Waals surface area (Å²) in [4.78, 5) is 45.6. The molecule has 3 rings (SSSR count). The maximum Gasteiger partial charge on any atom is 0.272 e. The van der Waals surface area contributed by atoms with E-state index in [9.17, 15) is 14.4 Å². The minimum Gasteiger partial charge on any atom is -0.490 e. The first-order chi connectivity index (χ1) is 13.4. The highest BCUT2D eigenvalue weighted by atomic mass is 16.5. The third-order valence-electron chi connectivity index (χ3n) is 4.94. The molecule has 1 aliphatic heterocycles. The van der Waals surface area contributed by atoms with Gasteiger partial charge < -0.3 is 29.6 Å². The zero-order chi connectivity index (χ0) is 20.4. The smallest absolute Gasteiger partial charge is 0.272 e. The van der Waals surface area contributed by atoms with Crippen LogP contribution >= 0.6 is 0 Å². The van der Waals surface area contributed by atoms with Gasteiger partial charge in [-0.25, -0.2) is 4.98 Å². The van der Waals surface area contributed by atoms with Crippen molar-refractivity contribution in [1.29, 1.82) is 0 Å². The molecule has 0 bridgehead atoms. The Balaban J connectivity index is 1.87. The van der Waals surface area contributed by atoms with Crippen LogP contribution in [0, 0.1) is 6.92 Å². The molecule has 0 atom stereocenters. The first kappa shape index (κ1) is 19.9. The number of likely N-dealkylation sites (tertiary alicyclic amines) is 1. The Morgan fingerprint density at radius 2 is 2.04 bits per heavy atom. The maximum atomic E-state index is 13.0. The van der Waals surface area contributed by atoms with Gasteiger partial charge >= 0.3 is 0 Å². The van der Waals surface area contributed by atoms with Gasteiger partial charge in [-0.3, -0.25) is 14.4 Å². The molecule has 28 heavy (non-hydrogen) atoms. The highest BCUT2D eigenvalue weighted by molar-refractivity contribution is 6.03. The van der Waals surface area contributed by atoms with E-state index in [1.165, 1.54) is 0 Å². The van der Waals surface area contributed by atoms with Gasteiger partial charge in [0.1, 0.15) is 17.8 Å². The van der Waals surface area contributed by atoms with Crippen LogP contribution in [-0.4, -0.2) is 68.7 Å². The monoisotopic (exact) mass is 391 g/mol. The zero-order valence-corrected chi connectivity index (χ0v) is 16.2. The quantitative estimate of drug-likeness (QED) is 0.641. The van der Waals surface area contributed by atoms with Crippen molar-refractivity contribution < 1.29 is 19.4 Å². The van der Waals surface area contributed by atoms with Gasteiger partial charge in [0.25, 0.3) is 11.5 Å². The predicted molar refractivity (Wildman–Crippen MR) is 101 cm³/mol. The Bertz CT molecular complexity index is 955. The van der Waals surface area contributed by atoms with Crippen LogP contribution in [0.15, 0.2) is 4.79 Å². The second-order valence-corrected chi connectivity index (χ2v) is 6.81. The molecule has 2 amide bonds. The lowest BCUT2D eigenvalue weighted by atomic mass is 10.0. The molecule has 2 aromatic heterocycles. The molecule has 3 N–H and O–H groups in total. The summed E-state index contributed by atoms with van der Waals surface area (Å²) in [5, 5.41) is 12.2. The molecule has 10 heteroatoms. The molecule has 0 spiro atoms. The average Bonchev–Trinajstić information content (AvgIpc) is 2.94. The molecule has 1 saturated heterocycles. The number of piperidine rings is 1. The number of aryl methyl sites for hydroxylation is 2. The summed E-state index contributed by atoms with van der Waals surface area (Å²) >= 11 is 0. The lowest BCUT2D eigenvalue weighted by molar-refractivity contribution is -0.135. The van der Waals surface area contributed by atoms with Crippen LogP contribution in [0.1, 0.15) is 36.1 Å². The van der Waals surface area contributed by atoms with E-state index in [-0.39, 0.29) is 40.2 Å². The second-order valence-electron chi connectivity index (χ2n) is 6.81. The summed E-state index contributed by atoms with van der Waals surface area (Å²) in [5.74, 6) is 0.0128. The van der Waals surface area contributed by atoms with Crippen molar-refractivity contribution in [1.82, 2.24) is 24.8 Å². The van der Waals surface area contributed by atoms with E-state index in [0.717, 1.165) is 0 Å². The van der Waals surface area contributed by atoms with Crippen LogP contribution in [0.2, 0.25) is 0 Å². The van der Waals surface area contributed by atoms with Gasteiger partial charge in [-0.15, -0.1) is 0 Å². The summed E-state index contributed by atoms with van der Waals surface area (Å²) in [6.45, 7) is 4.19. The van der Waals surface area contributed by atoms with Crippen molar-refractivity contribution in [3.63, 3.8) is 0 Å². The van der Waals surface area contributed by atoms with E-state index >= 15 is 0 Å². The van der Waals surface area contributed by atoms with Crippen LogP contribution in [0.5, 0.6) is 5.75 Å². The Hall–Kier alpha value is -2.88. The number of aromatic nitrogens is 3. The third-order valence-corrected chi connectivity index (χ3v) is 4.94. The van der Waals surface area contributed by atoms with Gasteiger partial charge in [-0.1, -0.05) is 0 Å². The number of nitrogens with zero attached hydrogens (tertiary/aromatic N) is 3. The van der Waals surface area contributed by atoms with Crippen LogP contribution < -0.4 is 15.6 Å². The lowest BCUT2D eigenvalue weighted by Gasteiger charge is -2.32. The normalized spacial score (nSPS) is 15.1. The summed E-state index contributed by atoms with van der Waals surface area (Å²) in [5.41, 5.74) is 0.281. The Labute approximate surface area is 161 Å². The SMILES string of the molecule is CCOc1c(C(=O)NC2CCN(C(=O)CO)CC2)n(C)c2nc(C)[nH]c(=O)c12. The first-order valence-corrected chi connectivity index (χ1v) is 9.28. The first-order valence-electron chi connectivity index (χ1n) is 9.28. The zero-order valence-electron chi connectivity index (χ0n) is 16.2. The highest BCUT2D eigenvalue weighted by Gasteiger charge is 2.29. The van der Waals surface area contributed by atoms with Crippen LogP contribution in [0.4, 0.5) is 0 Å². The van der Waals surface area contributed by atoms with Crippen molar-refractivity contribution in [3.8, 4) is 5.75 Å². The number of amides is 2. The second kappa shape index (κ2) is 8.01. The fourth-order valence-electron chi connectivity index (χ4n) is 3.56. The Kier molecular flexibility index (Phi) is 5.68. The summed E-state index contributed by atoms with van der Waals surface area (Å²) < 4.78 is 7.21. The fraction of sp³-hybridized carbons (Fsp3) is 0.556. The van der Waals surface area contributed by atoms with Crippen LogP contribution in [-0.2, 0) is 11.8 Å². The Morgan fingerprint density at radius 3 is 2.64 bits per heavy atom. The van der Waals surface area contributed by atoms with Gasteiger partial charge in [0.15, 0.2) is 17.1 Å². The molecular weight excluding hydrogens is 366 g/mol. The largest absolute Gasteiger partial charge is 0.490 e. The van der Waals surface area contributed by atoms with Crippen molar-refractivity contribution in [3.05, 3.63) is 21.9 Å². The number of aromatic amines is 1. The van der Waals surface area contributed by atoms with Gasteiger partial charge in [0.2, 0.25) is 5.91 Å². The average molecular weight is 391 g/mol. The number of hydrogen-bond donors (Lipinski definition) is 3. The summed E-state index contributed by atoms with van der Waals surface area (Å²) in [7, 11) is 1.67. The number of fused-ring (bicyclic) bond motifs is 1. The number of aliphatic hydroxyl groups excluding tert-OH is 1. The molecule has 2 aromatic rings. The van der Waals surface area contributed by atoms with E-state index in [0.29, 0.717) is 44.0 Å². The molecule has 10 nitrogen and oxygen atoms in total. The van der Waals surface area contributed by atoms with E-state index in [4.69, 9.17) is 9.84 Å². The van der Waals surface area contributed by atoms with Gasteiger partial charge in [0.05, 0.1) is 6.61 Å². The van der Waals surface area contributed by atoms with E-state index < -0.39 is 6.61 Å². The third kappa shape index (κ3) is 3.59. The Morgan fingerprint density at radius 1 is 1.36 bits per heavy atom.